The molecule has 0 aromatic carbocycles. The number of rotatable bonds is 6. The fraction of sp³-hybridized carbons (Fsp3) is 0.722. The predicted molar refractivity (Wildman–Crippen MR) is 89.2 cm³/mol. The Hall–Kier alpha value is -0.930. The Morgan fingerprint density at radius 3 is 2.81 bits per heavy atom. The lowest BCUT2D eigenvalue weighted by atomic mass is 9.69. The molecule has 2 unspecified atom stereocenters. The van der Waals surface area contributed by atoms with Crippen LogP contribution in [0.25, 0.3) is 0 Å². The van der Waals surface area contributed by atoms with Crippen molar-refractivity contribution in [3.8, 4) is 0 Å². The van der Waals surface area contributed by atoms with Crippen LogP contribution in [0.4, 0.5) is 0 Å². The van der Waals surface area contributed by atoms with Crippen LogP contribution >= 0.6 is 0 Å². The molecule has 0 spiro atoms. The van der Waals surface area contributed by atoms with Gasteiger partial charge in [-0.3, -0.25) is 9.88 Å². The number of pyridine rings is 1. The van der Waals surface area contributed by atoms with E-state index in [1.54, 1.807) is 0 Å². The Morgan fingerprint density at radius 1 is 1.38 bits per heavy atom. The van der Waals surface area contributed by atoms with E-state index in [1.807, 2.05) is 12.3 Å². The van der Waals surface area contributed by atoms with Gasteiger partial charge in [0, 0.05) is 25.3 Å². The fourth-order valence-electron chi connectivity index (χ4n) is 3.67. The van der Waals surface area contributed by atoms with Crippen LogP contribution in [0.15, 0.2) is 24.4 Å². The van der Waals surface area contributed by atoms with E-state index in [1.165, 1.54) is 31.5 Å². The first kappa shape index (κ1) is 16.4. The van der Waals surface area contributed by atoms with E-state index in [2.05, 4.69) is 55.2 Å². The Bertz CT molecular complexity index is 416. The van der Waals surface area contributed by atoms with Gasteiger partial charge in [0.25, 0.3) is 0 Å². The largest absolute Gasteiger partial charge is 0.317 e. The molecule has 1 fully saturated rings. The first-order valence-corrected chi connectivity index (χ1v) is 8.33. The van der Waals surface area contributed by atoms with Crippen LogP contribution < -0.4 is 5.32 Å². The van der Waals surface area contributed by atoms with Gasteiger partial charge in [0.1, 0.15) is 0 Å². The van der Waals surface area contributed by atoms with Crippen molar-refractivity contribution in [2.75, 3.05) is 20.1 Å². The van der Waals surface area contributed by atoms with E-state index in [0.717, 1.165) is 19.0 Å². The van der Waals surface area contributed by atoms with Gasteiger partial charge in [-0.15, -0.1) is 0 Å². The summed E-state index contributed by atoms with van der Waals surface area (Å²) in [6.07, 6.45) is 5.84. The molecule has 1 heterocycles. The standard InChI is InChI=1S/C18H31N3/c1-5-21(14-16-8-6-7-11-20-16)13-15-12-18(2,3)10-9-17(15)19-4/h6-8,11,15,17,19H,5,9-10,12-14H2,1-4H3. The average molecular weight is 289 g/mol. The summed E-state index contributed by atoms with van der Waals surface area (Å²) in [4.78, 5) is 7.01. The molecule has 3 heteroatoms. The van der Waals surface area contributed by atoms with Crippen LogP contribution in [0.2, 0.25) is 0 Å². The molecular formula is C18H31N3. The van der Waals surface area contributed by atoms with Gasteiger partial charge in [-0.2, -0.15) is 0 Å². The van der Waals surface area contributed by atoms with Crippen molar-refractivity contribution in [2.45, 2.75) is 52.6 Å². The van der Waals surface area contributed by atoms with E-state index in [-0.39, 0.29) is 0 Å². The quantitative estimate of drug-likeness (QED) is 0.871. The summed E-state index contributed by atoms with van der Waals surface area (Å²) in [5.41, 5.74) is 1.66. The van der Waals surface area contributed by atoms with E-state index in [4.69, 9.17) is 0 Å². The third-order valence-corrected chi connectivity index (χ3v) is 4.94. The van der Waals surface area contributed by atoms with Gasteiger partial charge in [-0.05, 0) is 56.3 Å². The SMILES string of the molecule is CCN(Cc1ccccn1)CC1CC(C)(C)CCC1NC. The maximum Gasteiger partial charge on any atom is 0.0543 e. The van der Waals surface area contributed by atoms with E-state index in [9.17, 15) is 0 Å². The molecule has 1 aromatic rings. The highest BCUT2D eigenvalue weighted by Crippen LogP contribution is 2.39. The van der Waals surface area contributed by atoms with Gasteiger partial charge < -0.3 is 5.32 Å². The second kappa shape index (κ2) is 7.37. The molecule has 1 aliphatic carbocycles. The molecule has 3 nitrogen and oxygen atoms in total. The van der Waals surface area contributed by atoms with Crippen LogP contribution in [0.3, 0.4) is 0 Å². The molecule has 2 atom stereocenters. The first-order valence-electron chi connectivity index (χ1n) is 8.33. The van der Waals surface area contributed by atoms with Gasteiger partial charge in [0.15, 0.2) is 0 Å². The topological polar surface area (TPSA) is 28.2 Å². The summed E-state index contributed by atoms with van der Waals surface area (Å²) in [7, 11) is 2.12. The first-order chi connectivity index (χ1) is 10.0. The third kappa shape index (κ3) is 4.79. The Kier molecular flexibility index (Phi) is 5.77. The molecule has 2 rings (SSSR count). The summed E-state index contributed by atoms with van der Waals surface area (Å²) in [6, 6.07) is 6.86. The van der Waals surface area contributed by atoms with Crippen LogP contribution in [0.5, 0.6) is 0 Å². The summed E-state index contributed by atoms with van der Waals surface area (Å²) in [5.74, 6) is 0.738. The fourth-order valence-corrected chi connectivity index (χ4v) is 3.67. The van der Waals surface area contributed by atoms with Gasteiger partial charge in [0.05, 0.1) is 5.69 Å². The van der Waals surface area contributed by atoms with Crippen LogP contribution in [-0.4, -0.2) is 36.1 Å². The summed E-state index contributed by atoms with van der Waals surface area (Å²) in [6.45, 7) is 10.3. The molecule has 0 radical (unpaired) electrons. The Morgan fingerprint density at radius 2 is 2.19 bits per heavy atom. The van der Waals surface area contributed by atoms with Crippen molar-refractivity contribution in [1.29, 1.82) is 0 Å². The zero-order valence-corrected chi connectivity index (χ0v) is 14.1. The van der Waals surface area contributed by atoms with Gasteiger partial charge >= 0.3 is 0 Å². The minimum absolute atomic E-state index is 0.489. The number of nitrogens with zero attached hydrogens (tertiary/aromatic N) is 2. The van der Waals surface area contributed by atoms with Crippen LogP contribution in [-0.2, 0) is 6.54 Å². The Labute approximate surface area is 130 Å². The molecule has 1 N–H and O–H groups in total. The van der Waals surface area contributed by atoms with Gasteiger partial charge in [0.2, 0.25) is 0 Å². The highest BCUT2D eigenvalue weighted by molar-refractivity contribution is 5.03. The predicted octanol–water partition coefficient (Wildman–Crippen LogP) is 3.32. The minimum atomic E-state index is 0.489. The molecular weight excluding hydrogens is 258 g/mol. The van der Waals surface area contributed by atoms with Gasteiger partial charge in [-0.1, -0.05) is 26.8 Å². The maximum absolute atomic E-state index is 4.47. The molecule has 118 valence electrons. The monoisotopic (exact) mass is 289 g/mol. The maximum atomic E-state index is 4.47. The van der Waals surface area contributed by atoms with Gasteiger partial charge in [-0.25, -0.2) is 0 Å². The van der Waals surface area contributed by atoms with Crippen molar-refractivity contribution >= 4 is 0 Å². The number of aromatic nitrogens is 1. The van der Waals surface area contributed by atoms with Crippen LogP contribution in [0, 0.1) is 11.3 Å². The number of hydrogen-bond donors (Lipinski definition) is 1. The molecule has 0 saturated heterocycles. The average Bonchev–Trinajstić information content (AvgIpc) is 2.47. The smallest absolute Gasteiger partial charge is 0.0543 e. The highest BCUT2D eigenvalue weighted by Gasteiger charge is 2.34. The van der Waals surface area contributed by atoms with Crippen molar-refractivity contribution < 1.29 is 0 Å². The molecule has 0 amide bonds. The van der Waals surface area contributed by atoms with Crippen molar-refractivity contribution in [3.05, 3.63) is 30.1 Å². The number of hydrogen-bond acceptors (Lipinski definition) is 3. The second-order valence-corrected chi connectivity index (χ2v) is 7.21. The lowest BCUT2D eigenvalue weighted by Crippen LogP contribution is -2.46. The molecule has 1 aromatic heterocycles. The van der Waals surface area contributed by atoms with E-state index >= 15 is 0 Å². The minimum Gasteiger partial charge on any atom is -0.317 e. The zero-order valence-electron chi connectivity index (χ0n) is 14.1. The van der Waals surface area contributed by atoms with Crippen molar-refractivity contribution in [3.63, 3.8) is 0 Å². The van der Waals surface area contributed by atoms with E-state index < -0.39 is 0 Å². The Balaban J connectivity index is 1.98. The third-order valence-electron chi connectivity index (χ3n) is 4.94. The molecule has 1 saturated carbocycles. The second-order valence-electron chi connectivity index (χ2n) is 7.21. The molecule has 0 aliphatic heterocycles. The summed E-state index contributed by atoms with van der Waals surface area (Å²) < 4.78 is 0. The lowest BCUT2D eigenvalue weighted by Gasteiger charge is -2.42. The normalized spacial score (nSPS) is 25.2. The summed E-state index contributed by atoms with van der Waals surface area (Å²) >= 11 is 0. The molecule has 0 bridgehead atoms. The lowest BCUT2D eigenvalue weighted by molar-refractivity contribution is 0.102. The summed E-state index contributed by atoms with van der Waals surface area (Å²) in [5, 5.41) is 3.54. The van der Waals surface area contributed by atoms with Crippen molar-refractivity contribution in [1.82, 2.24) is 15.2 Å². The van der Waals surface area contributed by atoms with E-state index in [0.29, 0.717) is 11.5 Å². The molecule has 1 aliphatic rings. The highest BCUT2D eigenvalue weighted by atomic mass is 15.1. The van der Waals surface area contributed by atoms with Crippen molar-refractivity contribution in [2.24, 2.45) is 11.3 Å². The zero-order chi connectivity index (χ0) is 15.3. The van der Waals surface area contributed by atoms with Crippen LogP contribution in [0.1, 0.15) is 45.7 Å². The number of nitrogens with one attached hydrogen (secondary N) is 1. The molecule has 21 heavy (non-hydrogen) atoms.